The predicted octanol–water partition coefficient (Wildman–Crippen LogP) is 2.29. The Hall–Kier alpha value is -3.15. The fourth-order valence-corrected chi connectivity index (χ4v) is 4.29. The number of halogens is 1. The summed E-state index contributed by atoms with van der Waals surface area (Å²) in [6.07, 6.45) is 5.33. The molecule has 2 saturated heterocycles. The van der Waals surface area contributed by atoms with Crippen molar-refractivity contribution in [3.63, 3.8) is 0 Å². The molecule has 0 aromatic heterocycles. The topological polar surface area (TPSA) is 150 Å². The lowest BCUT2D eigenvalue weighted by molar-refractivity contribution is -0.140. The third-order valence-corrected chi connectivity index (χ3v) is 7.00. The Labute approximate surface area is 236 Å². The zero-order chi connectivity index (χ0) is 29.6. The van der Waals surface area contributed by atoms with Crippen LogP contribution in [0.1, 0.15) is 45.6 Å². The van der Waals surface area contributed by atoms with Gasteiger partial charge in [-0.25, -0.2) is 4.39 Å². The Bertz CT molecular complexity index is 1010. The maximum Gasteiger partial charge on any atom is 0.209 e. The molecule has 10 nitrogen and oxygen atoms in total. The Balaban J connectivity index is 0.000000598. The van der Waals surface area contributed by atoms with Gasteiger partial charge in [0, 0.05) is 44.8 Å². The van der Waals surface area contributed by atoms with Crippen molar-refractivity contribution in [2.24, 2.45) is 22.1 Å². The molecule has 1 aromatic rings. The minimum absolute atomic E-state index is 0.0522. The first kappa shape index (κ1) is 33.1. The predicted molar refractivity (Wildman–Crippen MR) is 153 cm³/mol. The number of ether oxygens (including phenoxy) is 2. The van der Waals surface area contributed by atoms with E-state index in [1.807, 2.05) is 20.8 Å². The summed E-state index contributed by atoms with van der Waals surface area (Å²) in [6.45, 7) is 10.1. The molecule has 11 heteroatoms. The van der Waals surface area contributed by atoms with Gasteiger partial charge in [0.25, 0.3) is 0 Å². The Morgan fingerprint density at radius 1 is 1.23 bits per heavy atom. The van der Waals surface area contributed by atoms with E-state index in [-0.39, 0.29) is 22.9 Å². The summed E-state index contributed by atoms with van der Waals surface area (Å²) >= 11 is 0. The Morgan fingerprint density at radius 2 is 1.88 bits per heavy atom. The van der Waals surface area contributed by atoms with Crippen molar-refractivity contribution in [2.75, 3.05) is 52.6 Å². The SMILES string of the molecule is CC(C)/C(=C/C(=N)c1ccc(F)cc1)C(N)=NCCC1(CN(C=O)CCNC=O)COC1.CC1(O)CCOCC1. The highest BCUT2D eigenvalue weighted by Crippen LogP contribution is 2.32. The summed E-state index contributed by atoms with van der Waals surface area (Å²) in [5, 5.41) is 20.2. The molecule has 0 bridgehead atoms. The molecule has 2 heterocycles. The molecule has 3 rings (SSSR count). The van der Waals surface area contributed by atoms with E-state index >= 15 is 0 Å². The monoisotopic (exact) mass is 561 g/mol. The van der Waals surface area contributed by atoms with Crippen LogP contribution in [0.4, 0.5) is 4.39 Å². The molecule has 0 aliphatic carbocycles. The molecule has 5 N–H and O–H groups in total. The van der Waals surface area contributed by atoms with Gasteiger partial charge in [0.15, 0.2) is 0 Å². The fraction of sp³-hybridized carbons (Fsp3) is 0.586. The van der Waals surface area contributed by atoms with Gasteiger partial charge in [0.1, 0.15) is 11.7 Å². The van der Waals surface area contributed by atoms with Crippen molar-refractivity contribution < 1.29 is 28.6 Å². The normalized spacial score (nSPS) is 18.1. The largest absolute Gasteiger partial charge is 0.390 e. The molecule has 0 unspecified atom stereocenters. The number of amides is 2. The summed E-state index contributed by atoms with van der Waals surface area (Å²) in [5.74, 6) is 0.0684. The molecule has 1 aromatic carbocycles. The van der Waals surface area contributed by atoms with Crippen LogP contribution in [0.25, 0.3) is 0 Å². The van der Waals surface area contributed by atoms with E-state index in [9.17, 15) is 19.1 Å². The van der Waals surface area contributed by atoms with Crippen molar-refractivity contribution in [3.05, 3.63) is 47.3 Å². The second kappa shape index (κ2) is 16.2. The Morgan fingerprint density at radius 3 is 2.35 bits per heavy atom. The minimum Gasteiger partial charge on any atom is -0.390 e. The highest BCUT2D eigenvalue weighted by molar-refractivity contribution is 6.11. The number of allylic oxidation sites excluding steroid dienone is 1. The molecule has 0 spiro atoms. The van der Waals surface area contributed by atoms with Gasteiger partial charge in [-0.3, -0.25) is 14.6 Å². The van der Waals surface area contributed by atoms with E-state index in [0.717, 1.165) is 24.8 Å². The van der Waals surface area contributed by atoms with Crippen LogP contribution in [-0.2, 0) is 19.1 Å². The third-order valence-electron chi connectivity index (χ3n) is 7.00. The lowest BCUT2D eigenvalue weighted by Crippen LogP contribution is -2.52. The minimum atomic E-state index is -0.446. The first-order valence-corrected chi connectivity index (χ1v) is 13.6. The van der Waals surface area contributed by atoms with Gasteiger partial charge in [-0.15, -0.1) is 0 Å². The van der Waals surface area contributed by atoms with Crippen molar-refractivity contribution in [3.8, 4) is 0 Å². The van der Waals surface area contributed by atoms with E-state index in [1.54, 1.807) is 23.1 Å². The molecular weight excluding hydrogens is 517 g/mol. The average Bonchev–Trinajstić information content (AvgIpc) is 2.89. The number of benzene rings is 1. The van der Waals surface area contributed by atoms with Crippen molar-refractivity contribution in [1.29, 1.82) is 5.41 Å². The maximum absolute atomic E-state index is 13.1. The number of rotatable bonds is 14. The van der Waals surface area contributed by atoms with Gasteiger partial charge in [-0.05, 0) is 73.6 Å². The highest BCUT2D eigenvalue weighted by Gasteiger charge is 2.39. The van der Waals surface area contributed by atoms with Crippen LogP contribution in [0.2, 0.25) is 0 Å². The van der Waals surface area contributed by atoms with E-state index in [2.05, 4.69) is 10.3 Å². The summed E-state index contributed by atoms with van der Waals surface area (Å²) in [4.78, 5) is 27.9. The maximum atomic E-state index is 13.1. The molecule has 2 fully saturated rings. The van der Waals surface area contributed by atoms with E-state index in [1.165, 1.54) is 12.1 Å². The molecule has 222 valence electrons. The van der Waals surface area contributed by atoms with Crippen LogP contribution in [0.5, 0.6) is 0 Å². The molecule has 2 aliphatic heterocycles. The highest BCUT2D eigenvalue weighted by atomic mass is 19.1. The number of nitrogens with one attached hydrogen (secondary N) is 2. The second-order valence-corrected chi connectivity index (χ2v) is 10.9. The summed E-state index contributed by atoms with van der Waals surface area (Å²) in [6, 6.07) is 5.76. The van der Waals surface area contributed by atoms with Crippen molar-refractivity contribution in [1.82, 2.24) is 10.2 Å². The van der Waals surface area contributed by atoms with Crippen LogP contribution >= 0.6 is 0 Å². The smallest absolute Gasteiger partial charge is 0.209 e. The van der Waals surface area contributed by atoms with Crippen molar-refractivity contribution >= 4 is 24.4 Å². The number of nitrogens with two attached hydrogens (primary N) is 1. The molecule has 2 aliphatic rings. The standard InChI is InChI=1S/C23H32FN5O3.C6H12O2/c1-17(2)20(11-21(25)18-3-5-19(24)6-4-18)22(26)28-8-7-23(13-32-14-23)12-29(16-31)10-9-27-15-30;1-6(7)2-4-8-5-3-6/h3-6,11,15-17,25H,7-10,12-14H2,1-2H3,(H2,26,28)(H,27,30);7H,2-5H2,1H3/b20-11-,25-21?;. The lowest BCUT2D eigenvalue weighted by atomic mass is 9.82. The summed E-state index contributed by atoms with van der Waals surface area (Å²) in [7, 11) is 0. The summed E-state index contributed by atoms with van der Waals surface area (Å²) < 4.78 is 23.6. The van der Waals surface area contributed by atoms with Gasteiger partial charge in [0.05, 0.1) is 24.5 Å². The Kier molecular flexibility index (Phi) is 13.4. The van der Waals surface area contributed by atoms with Gasteiger partial charge in [-0.2, -0.15) is 0 Å². The van der Waals surface area contributed by atoms with E-state index in [0.29, 0.717) is 76.8 Å². The van der Waals surface area contributed by atoms with Crippen LogP contribution < -0.4 is 11.1 Å². The van der Waals surface area contributed by atoms with Crippen LogP contribution in [0.3, 0.4) is 0 Å². The number of nitrogens with zero attached hydrogens (tertiary/aromatic N) is 2. The number of aliphatic hydroxyl groups is 1. The third kappa shape index (κ3) is 11.1. The number of carbonyl (C=O) groups excluding carboxylic acids is 2. The first-order chi connectivity index (χ1) is 19.0. The number of aliphatic imine (C=N–C) groups is 1. The van der Waals surface area contributed by atoms with Crippen LogP contribution in [-0.4, -0.2) is 92.6 Å². The molecule has 0 radical (unpaired) electrons. The van der Waals surface area contributed by atoms with Crippen LogP contribution in [0, 0.1) is 22.6 Å². The fourth-order valence-electron chi connectivity index (χ4n) is 4.29. The molecule has 2 amide bonds. The molecule has 40 heavy (non-hydrogen) atoms. The average molecular weight is 562 g/mol. The van der Waals surface area contributed by atoms with Gasteiger partial charge < -0.3 is 35.9 Å². The van der Waals surface area contributed by atoms with Gasteiger partial charge >= 0.3 is 0 Å². The quantitative estimate of drug-likeness (QED) is 0.118. The van der Waals surface area contributed by atoms with E-state index < -0.39 is 5.60 Å². The molecule has 0 saturated carbocycles. The number of hydrogen-bond acceptors (Lipinski definition) is 7. The first-order valence-electron chi connectivity index (χ1n) is 13.6. The number of hydrogen-bond donors (Lipinski definition) is 4. The van der Waals surface area contributed by atoms with Gasteiger partial charge in [0.2, 0.25) is 12.8 Å². The van der Waals surface area contributed by atoms with Gasteiger partial charge in [-0.1, -0.05) is 13.8 Å². The zero-order valence-corrected chi connectivity index (χ0v) is 23.8. The second-order valence-electron chi connectivity index (χ2n) is 10.9. The van der Waals surface area contributed by atoms with E-state index in [4.69, 9.17) is 20.6 Å². The van der Waals surface area contributed by atoms with Crippen LogP contribution in [0.15, 0.2) is 40.9 Å². The zero-order valence-electron chi connectivity index (χ0n) is 23.8. The van der Waals surface area contributed by atoms with Crippen molar-refractivity contribution in [2.45, 2.75) is 45.6 Å². The molecule has 0 atom stereocenters. The number of carbonyl (C=O) groups is 2. The molecular formula is C29H44FN5O5. The number of amidine groups is 1. The summed E-state index contributed by atoms with van der Waals surface area (Å²) in [5.41, 5.74) is 7.20. The lowest BCUT2D eigenvalue weighted by Gasteiger charge is -2.43.